The minimum absolute atomic E-state index is 0.0815. The average molecular weight is 401 g/mol. The minimum atomic E-state index is -3.96. The van der Waals surface area contributed by atoms with Crippen LogP contribution in [0.15, 0.2) is 21.5 Å². The Kier molecular flexibility index (Phi) is 5.79. The smallest absolute Gasteiger partial charge is 0.337 e. The van der Waals surface area contributed by atoms with Crippen LogP contribution < -0.4 is 4.72 Å². The molecule has 1 rings (SSSR count). The van der Waals surface area contributed by atoms with Crippen LogP contribution in [0.2, 0.25) is 5.02 Å². The summed E-state index contributed by atoms with van der Waals surface area (Å²) in [6, 6.07) is 2.18. The van der Waals surface area contributed by atoms with Crippen molar-refractivity contribution in [3.8, 4) is 0 Å². The highest BCUT2D eigenvalue weighted by atomic mass is 79.9. The van der Waals surface area contributed by atoms with Crippen molar-refractivity contribution in [2.24, 2.45) is 0 Å². The Labute approximate surface area is 136 Å². The highest BCUT2D eigenvalue weighted by molar-refractivity contribution is 9.10. The molecule has 0 saturated carbocycles. The van der Waals surface area contributed by atoms with Crippen LogP contribution in [-0.2, 0) is 10.0 Å². The van der Waals surface area contributed by atoms with Crippen molar-refractivity contribution < 1.29 is 23.4 Å². The van der Waals surface area contributed by atoms with Crippen molar-refractivity contribution in [1.29, 1.82) is 0 Å². The molecule has 0 aliphatic heterocycles. The summed E-state index contributed by atoms with van der Waals surface area (Å²) < 4.78 is 26.7. The van der Waals surface area contributed by atoms with Gasteiger partial charge in [-0.25, -0.2) is 17.9 Å². The number of aliphatic hydroxyl groups is 1. The predicted octanol–water partition coefficient (Wildman–Crippen LogP) is 2.24. The molecule has 21 heavy (non-hydrogen) atoms. The number of hydrogen-bond donors (Lipinski definition) is 3. The van der Waals surface area contributed by atoms with Gasteiger partial charge in [0, 0.05) is 11.0 Å². The molecular weight excluding hydrogens is 386 g/mol. The van der Waals surface area contributed by atoms with E-state index in [0.29, 0.717) is 6.42 Å². The van der Waals surface area contributed by atoms with E-state index in [-0.39, 0.29) is 26.5 Å². The Balaban J connectivity index is 3.18. The summed E-state index contributed by atoms with van der Waals surface area (Å²) in [5.74, 6) is -1.33. The second-order valence-corrected chi connectivity index (χ2v) is 7.75. The summed E-state index contributed by atoms with van der Waals surface area (Å²) >= 11 is 8.82. The topological polar surface area (TPSA) is 104 Å². The molecule has 0 saturated heterocycles. The first-order chi connectivity index (χ1) is 9.50. The van der Waals surface area contributed by atoms with E-state index < -0.39 is 21.6 Å². The Morgan fingerprint density at radius 2 is 2.05 bits per heavy atom. The minimum Gasteiger partial charge on any atom is -0.478 e. The molecule has 0 aliphatic rings. The molecule has 1 atom stereocenters. The quantitative estimate of drug-likeness (QED) is 0.679. The Hall–Kier alpha value is -0.670. The first kappa shape index (κ1) is 18.4. The van der Waals surface area contributed by atoms with Crippen LogP contribution in [0.4, 0.5) is 0 Å². The molecule has 3 N–H and O–H groups in total. The SMILES string of the molecule is CCC(C)(O)CNS(=O)(=O)c1cc(Br)c(Cl)c(C(=O)O)c1. The van der Waals surface area contributed by atoms with E-state index in [1.165, 1.54) is 13.0 Å². The predicted molar refractivity (Wildman–Crippen MR) is 82.2 cm³/mol. The number of carbonyl (C=O) groups is 1. The lowest BCUT2D eigenvalue weighted by Gasteiger charge is -2.21. The van der Waals surface area contributed by atoms with Gasteiger partial charge in [-0.3, -0.25) is 0 Å². The Morgan fingerprint density at radius 3 is 2.52 bits per heavy atom. The standard InChI is InChI=1S/C12H15BrClNO5S/c1-3-12(2,18)6-15-21(19,20)7-4-8(11(16)17)10(14)9(13)5-7/h4-5,15,18H,3,6H2,1-2H3,(H,16,17). The zero-order valence-electron chi connectivity index (χ0n) is 11.4. The molecule has 0 radical (unpaired) electrons. The summed E-state index contributed by atoms with van der Waals surface area (Å²) in [6.45, 7) is 3.03. The number of benzene rings is 1. The van der Waals surface area contributed by atoms with Gasteiger partial charge in [-0.15, -0.1) is 0 Å². The highest BCUT2D eigenvalue weighted by Gasteiger charge is 2.24. The third-order valence-electron chi connectivity index (χ3n) is 2.95. The number of halogens is 2. The molecule has 0 fully saturated rings. The van der Waals surface area contributed by atoms with Crippen molar-refractivity contribution in [3.05, 3.63) is 27.2 Å². The normalized spacial score (nSPS) is 14.7. The molecule has 6 nitrogen and oxygen atoms in total. The molecule has 9 heteroatoms. The largest absolute Gasteiger partial charge is 0.478 e. The summed E-state index contributed by atoms with van der Waals surface area (Å²) in [6.07, 6.45) is 0.361. The molecule has 0 bridgehead atoms. The van der Waals surface area contributed by atoms with E-state index in [1.807, 2.05) is 0 Å². The fraction of sp³-hybridized carbons (Fsp3) is 0.417. The summed E-state index contributed by atoms with van der Waals surface area (Å²) in [5.41, 5.74) is -1.51. The van der Waals surface area contributed by atoms with Crippen LogP contribution >= 0.6 is 27.5 Å². The van der Waals surface area contributed by atoms with Gasteiger partial charge in [0.1, 0.15) is 0 Å². The van der Waals surface area contributed by atoms with Crippen molar-refractivity contribution in [3.63, 3.8) is 0 Å². The molecule has 0 aliphatic carbocycles. The lowest BCUT2D eigenvalue weighted by atomic mass is 10.1. The second-order valence-electron chi connectivity index (χ2n) is 4.75. The Morgan fingerprint density at radius 1 is 1.48 bits per heavy atom. The van der Waals surface area contributed by atoms with Crippen LogP contribution in [0.5, 0.6) is 0 Å². The van der Waals surface area contributed by atoms with Gasteiger partial charge in [0.05, 0.1) is 21.1 Å². The van der Waals surface area contributed by atoms with Gasteiger partial charge >= 0.3 is 5.97 Å². The highest BCUT2D eigenvalue weighted by Crippen LogP contribution is 2.30. The van der Waals surface area contributed by atoms with Gasteiger partial charge in [-0.2, -0.15) is 0 Å². The number of aromatic carboxylic acids is 1. The zero-order valence-corrected chi connectivity index (χ0v) is 14.5. The van der Waals surface area contributed by atoms with Crippen LogP contribution in [0.3, 0.4) is 0 Å². The monoisotopic (exact) mass is 399 g/mol. The van der Waals surface area contributed by atoms with Crippen molar-refractivity contribution in [1.82, 2.24) is 4.72 Å². The number of carboxylic acid groups (broad SMARTS) is 1. The van der Waals surface area contributed by atoms with E-state index >= 15 is 0 Å². The van der Waals surface area contributed by atoms with Crippen LogP contribution in [0.1, 0.15) is 30.6 Å². The molecule has 118 valence electrons. The maximum absolute atomic E-state index is 12.2. The second kappa shape index (κ2) is 6.62. The summed E-state index contributed by atoms with van der Waals surface area (Å²) in [5, 5.41) is 18.8. The van der Waals surface area contributed by atoms with Crippen LogP contribution in [-0.4, -0.2) is 36.7 Å². The number of rotatable bonds is 6. The summed E-state index contributed by atoms with van der Waals surface area (Å²) in [4.78, 5) is 10.8. The molecule has 1 unspecified atom stereocenters. The Bertz CT molecular complexity index is 660. The number of nitrogens with one attached hydrogen (secondary N) is 1. The number of hydrogen-bond acceptors (Lipinski definition) is 4. The molecule has 1 aromatic rings. The van der Waals surface area contributed by atoms with E-state index in [1.54, 1.807) is 6.92 Å². The number of sulfonamides is 1. The molecule has 1 aromatic carbocycles. The lowest BCUT2D eigenvalue weighted by Crippen LogP contribution is -2.40. The zero-order chi connectivity index (χ0) is 16.4. The van der Waals surface area contributed by atoms with Crippen LogP contribution in [0, 0.1) is 0 Å². The number of carboxylic acids is 1. The van der Waals surface area contributed by atoms with E-state index in [9.17, 15) is 18.3 Å². The maximum Gasteiger partial charge on any atom is 0.337 e. The van der Waals surface area contributed by atoms with Gasteiger partial charge in [0.15, 0.2) is 0 Å². The third kappa shape index (κ3) is 4.65. The van der Waals surface area contributed by atoms with Gasteiger partial charge in [-0.1, -0.05) is 18.5 Å². The average Bonchev–Trinajstić information content (AvgIpc) is 2.39. The van der Waals surface area contributed by atoms with E-state index in [4.69, 9.17) is 16.7 Å². The fourth-order valence-electron chi connectivity index (χ4n) is 1.33. The first-order valence-electron chi connectivity index (χ1n) is 5.94. The molecule has 0 amide bonds. The van der Waals surface area contributed by atoms with Gasteiger partial charge in [0.2, 0.25) is 10.0 Å². The first-order valence-corrected chi connectivity index (χ1v) is 8.60. The maximum atomic E-state index is 12.2. The van der Waals surface area contributed by atoms with Crippen molar-refractivity contribution in [2.75, 3.05) is 6.54 Å². The van der Waals surface area contributed by atoms with Crippen LogP contribution in [0.25, 0.3) is 0 Å². The third-order valence-corrected chi connectivity index (χ3v) is 5.59. The molecule has 0 heterocycles. The lowest BCUT2D eigenvalue weighted by molar-refractivity contribution is 0.0613. The van der Waals surface area contributed by atoms with Crippen molar-refractivity contribution in [2.45, 2.75) is 30.8 Å². The van der Waals surface area contributed by atoms with Gasteiger partial charge in [0.25, 0.3) is 0 Å². The van der Waals surface area contributed by atoms with Gasteiger partial charge in [-0.05, 0) is 41.4 Å². The fourth-order valence-corrected chi connectivity index (χ4v) is 3.35. The van der Waals surface area contributed by atoms with Crippen molar-refractivity contribution >= 4 is 43.5 Å². The molecule has 0 spiro atoms. The van der Waals surface area contributed by atoms with E-state index in [2.05, 4.69) is 20.7 Å². The molecule has 0 aromatic heterocycles. The van der Waals surface area contributed by atoms with Gasteiger partial charge < -0.3 is 10.2 Å². The van der Waals surface area contributed by atoms with E-state index in [0.717, 1.165) is 6.07 Å². The molecular formula is C12H15BrClNO5S. The summed E-state index contributed by atoms with van der Waals surface area (Å²) in [7, 11) is -3.96.